The molecule has 0 radical (unpaired) electrons. The molecule has 14 heavy (non-hydrogen) atoms. The molecule has 0 saturated carbocycles. The van der Waals surface area contributed by atoms with Crippen molar-refractivity contribution in [1.29, 1.82) is 0 Å². The Morgan fingerprint density at radius 1 is 0.929 bits per heavy atom. The van der Waals surface area contributed by atoms with Crippen molar-refractivity contribution in [2.75, 3.05) is 33.2 Å². The van der Waals surface area contributed by atoms with Gasteiger partial charge in [0.15, 0.2) is 0 Å². The summed E-state index contributed by atoms with van der Waals surface area (Å²) >= 11 is 0. The van der Waals surface area contributed by atoms with Gasteiger partial charge in [-0.15, -0.1) is 0 Å². The second-order valence-electron chi connectivity index (χ2n) is 6.29. The SMILES string of the molecule is CC(C)N1C[C@@]2(C)CN(C)C[C@]2(C)C1. The molecule has 2 atom stereocenters. The van der Waals surface area contributed by atoms with Gasteiger partial charge in [-0.2, -0.15) is 0 Å². The van der Waals surface area contributed by atoms with Crippen LogP contribution in [-0.2, 0) is 0 Å². The first-order valence-electron chi connectivity index (χ1n) is 5.79. The minimum atomic E-state index is 0.520. The largest absolute Gasteiger partial charge is 0.305 e. The molecule has 0 aromatic heterocycles. The number of hydrogen-bond acceptors (Lipinski definition) is 2. The number of nitrogens with zero attached hydrogens (tertiary/aromatic N) is 2. The van der Waals surface area contributed by atoms with E-state index < -0.39 is 0 Å². The van der Waals surface area contributed by atoms with Gasteiger partial charge in [0, 0.05) is 43.1 Å². The van der Waals surface area contributed by atoms with Gasteiger partial charge >= 0.3 is 0 Å². The van der Waals surface area contributed by atoms with Crippen LogP contribution in [0.15, 0.2) is 0 Å². The maximum atomic E-state index is 2.65. The number of rotatable bonds is 1. The summed E-state index contributed by atoms with van der Waals surface area (Å²) in [4.78, 5) is 5.14. The van der Waals surface area contributed by atoms with E-state index in [9.17, 15) is 0 Å². The van der Waals surface area contributed by atoms with E-state index in [2.05, 4.69) is 44.5 Å². The molecule has 0 amide bonds. The first-order chi connectivity index (χ1) is 6.36. The van der Waals surface area contributed by atoms with Crippen LogP contribution < -0.4 is 0 Å². The molecule has 0 aromatic rings. The molecule has 0 aromatic carbocycles. The molecule has 2 aliphatic rings. The van der Waals surface area contributed by atoms with Crippen LogP contribution in [0.4, 0.5) is 0 Å². The van der Waals surface area contributed by atoms with Crippen molar-refractivity contribution < 1.29 is 0 Å². The molecule has 2 rings (SSSR count). The lowest BCUT2D eigenvalue weighted by atomic mass is 9.71. The molecule has 0 N–H and O–H groups in total. The Morgan fingerprint density at radius 3 is 1.71 bits per heavy atom. The third-order valence-corrected chi connectivity index (χ3v) is 4.53. The Labute approximate surface area is 88.3 Å². The van der Waals surface area contributed by atoms with E-state index in [0.717, 1.165) is 0 Å². The second kappa shape index (κ2) is 2.96. The van der Waals surface area contributed by atoms with E-state index in [4.69, 9.17) is 0 Å². The topological polar surface area (TPSA) is 6.48 Å². The van der Waals surface area contributed by atoms with Crippen LogP contribution in [0.3, 0.4) is 0 Å². The van der Waals surface area contributed by atoms with Gasteiger partial charge in [0.1, 0.15) is 0 Å². The van der Waals surface area contributed by atoms with Crippen molar-refractivity contribution in [2.24, 2.45) is 10.8 Å². The van der Waals surface area contributed by atoms with E-state index in [0.29, 0.717) is 16.9 Å². The summed E-state index contributed by atoms with van der Waals surface area (Å²) in [6.07, 6.45) is 0. The van der Waals surface area contributed by atoms with Crippen LogP contribution in [0.25, 0.3) is 0 Å². The lowest BCUT2D eigenvalue weighted by Gasteiger charge is -2.31. The normalized spacial score (nSPS) is 45.0. The van der Waals surface area contributed by atoms with Gasteiger partial charge in [0.25, 0.3) is 0 Å². The lowest BCUT2D eigenvalue weighted by Crippen LogP contribution is -2.34. The molecule has 2 fully saturated rings. The van der Waals surface area contributed by atoms with Crippen LogP contribution >= 0.6 is 0 Å². The highest BCUT2D eigenvalue weighted by atomic mass is 15.3. The molecule has 0 bridgehead atoms. The first-order valence-corrected chi connectivity index (χ1v) is 5.79. The van der Waals surface area contributed by atoms with Crippen molar-refractivity contribution in [2.45, 2.75) is 33.7 Å². The van der Waals surface area contributed by atoms with Crippen molar-refractivity contribution in [3.8, 4) is 0 Å². The Kier molecular flexibility index (Phi) is 2.20. The van der Waals surface area contributed by atoms with Gasteiger partial charge in [0.05, 0.1) is 0 Å². The number of likely N-dealkylation sites (tertiary alicyclic amines) is 2. The fourth-order valence-corrected chi connectivity index (χ4v) is 3.43. The molecule has 2 nitrogen and oxygen atoms in total. The molecule has 2 saturated heterocycles. The van der Waals surface area contributed by atoms with E-state index >= 15 is 0 Å². The quantitative estimate of drug-likeness (QED) is 0.629. The third kappa shape index (κ3) is 1.31. The fraction of sp³-hybridized carbons (Fsp3) is 1.00. The van der Waals surface area contributed by atoms with Gasteiger partial charge in [-0.3, -0.25) is 4.90 Å². The zero-order chi connectivity index (χ0) is 10.6. The molecule has 2 heteroatoms. The average Bonchev–Trinajstić information content (AvgIpc) is 2.33. The highest BCUT2D eigenvalue weighted by Crippen LogP contribution is 2.51. The highest BCUT2D eigenvalue weighted by molar-refractivity contribution is 5.09. The lowest BCUT2D eigenvalue weighted by molar-refractivity contribution is 0.211. The third-order valence-electron chi connectivity index (χ3n) is 4.53. The van der Waals surface area contributed by atoms with Gasteiger partial charge < -0.3 is 4.90 Å². The maximum absolute atomic E-state index is 2.65. The smallest absolute Gasteiger partial charge is 0.00567 e. The van der Waals surface area contributed by atoms with E-state index in [1.54, 1.807) is 0 Å². The highest BCUT2D eigenvalue weighted by Gasteiger charge is 2.56. The van der Waals surface area contributed by atoms with Crippen molar-refractivity contribution in [3.63, 3.8) is 0 Å². The van der Waals surface area contributed by atoms with Gasteiger partial charge in [0.2, 0.25) is 0 Å². The Hall–Kier alpha value is -0.0800. The molecule has 82 valence electrons. The maximum Gasteiger partial charge on any atom is 0.00567 e. The van der Waals surface area contributed by atoms with Gasteiger partial charge in [-0.25, -0.2) is 0 Å². The van der Waals surface area contributed by atoms with Crippen LogP contribution in [0.2, 0.25) is 0 Å². The van der Waals surface area contributed by atoms with Crippen LogP contribution in [-0.4, -0.2) is 49.1 Å². The number of hydrogen-bond donors (Lipinski definition) is 0. The molecule has 0 spiro atoms. The molecular weight excluding hydrogens is 172 g/mol. The zero-order valence-corrected chi connectivity index (χ0v) is 10.3. The van der Waals surface area contributed by atoms with Crippen LogP contribution in [0.1, 0.15) is 27.7 Å². The fourth-order valence-electron chi connectivity index (χ4n) is 3.43. The predicted octanol–water partition coefficient (Wildman–Crippen LogP) is 1.67. The summed E-state index contributed by atoms with van der Waals surface area (Å²) in [5.41, 5.74) is 1.04. The summed E-state index contributed by atoms with van der Waals surface area (Å²) < 4.78 is 0. The standard InChI is InChI=1S/C12H24N2/c1-10(2)14-8-11(3)6-13(5)7-12(11,4)9-14/h10H,6-9H2,1-5H3/t11-,12-/m1/s1. The van der Waals surface area contributed by atoms with Crippen LogP contribution in [0.5, 0.6) is 0 Å². The zero-order valence-electron chi connectivity index (χ0n) is 10.3. The van der Waals surface area contributed by atoms with E-state index in [1.165, 1.54) is 26.2 Å². The summed E-state index contributed by atoms with van der Waals surface area (Å²) in [6.45, 7) is 14.7. The minimum absolute atomic E-state index is 0.520. The van der Waals surface area contributed by atoms with Crippen molar-refractivity contribution in [1.82, 2.24) is 9.80 Å². The average molecular weight is 196 g/mol. The van der Waals surface area contributed by atoms with Crippen LogP contribution in [0, 0.1) is 10.8 Å². The molecular formula is C12H24N2. The van der Waals surface area contributed by atoms with Crippen molar-refractivity contribution in [3.05, 3.63) is 0 Å². The summed E-state index contributed by atoms with van der Waals surface area (Å²) in [7, 11) is 2.26. The molecule has 2 heterocycles. The molecule has 2 aliphatic heterocycles. The van der Waals surface area contributed by atoms with Gasteiger partial charge in [-0.05, 0) is 20.9 Å². The summed E-state index contributed by atoms with van der Waals surface area (Å²) in [5.74, 6) is 0. The molecule has 0 aliphatic carbocycles. The predicted molar refractivity (Wildman–Crippen MR) is 60.4 cm³/mol. The van der Waals surface area contributed by atoms with Crippen molar-refractivity contribution >= 4 is 0 Å². The van der Waals surface area contributed by atoms with E-state index in [1.807, 2.05) is 0 Å². The summed E-state index contributed by atoms with van der Waals surface area (Å²) in [5, 5.41) is 0. The minimum Gasteiger partial charge on any atom is -0.305 e. The van der Waals surface area contributed by atoms with E-state index in [-0.39, 0.29) is 0 Å². The number of fused-ring (bicyclic) bond motifs is 1. The Bertz CT molecular complexity index is 218. The first kappa shape index (κ1) is 10.4. The molecule has 0 unspecified atom stereocenters. The summed E-state index contributed by atoms with van der Waals surface area (Å²) in [6, 6.07) is 0.708. The monoisotopic (exact) mass is 196 g/mol. The second-order valence-corrected chi connectivity index (χ2v) is 6.29. The Balaban J connectivity index is 2.19. The Morgan fingerprint density at radius 2 is 1.36 bits per heavy atom. The van der Waals surface area contributed by atoms with Gasteiger partial charge in [-0.1, -0.05) is 13.8 Å².